The SMILES string of the molecule is C[C@H]1CC[C@H]2C(C)(C)[C@H](O)CC[C@]2(C)[C@@]12Cc1c(O)cc3c(c1O2)CN([C@@H](CCC(=O)O)C(=O)O)C3=O. The number of nitrogens with zero attached hydrogens (tertiary/aromatic N) is 1. The second-order valence-electron chi connectivity index (χ2n) is 12.4. The van der Waals surface area contributed by atoms with Gasteiger partial charge in [-0.1, -0.05) is 27.7 Å². The summed E-state index contributed by atoms with van der Waals surface area (Å²) in [6.45, 7) is 8.66. The van der Waals surface area contributed by atoms with Crippen molar-refractivity contribution >= 4 is 17.8 Å². The number of phenolic OH excluding ortho intramolecular Hbond substituents is 1. The fourth-order valence-electron chi connectivity index (χ4n) is 8.22. The molecule has 2 aliphatic heterocycles. The summed E-state index contributed by atoms with van der Waals surface area (Å²) in [6, 6.07) is 0.122. The molecule has 9 heteroatoms. The van der Waals surface area contributed by atoms with Crippen molar-refractivity contribution in [1.29, 1.82) is 0 Å². The number of aromatic hydroxyl groups is 1. The number of phenols is 1. The fourth-order valence-corrected chi connectivity index (χ4v) is 8.22. The third-order valence-corrected chi connectivity index (χ3v) is 10.4. The highest BCUT2D eigenvalue weighted by Gasteiger charge is 2.67. The van der Waals surface area contributed by atoms with E-state index in [-0.39, 0.29) is 53.4 Å². The van der Waals surface area contributed by atoms with Crippen molar-refractivity contribution in [2.24, 2.45) is 22.7 Å². The Hall–Kier alpha value is -2.81. The van der Waals surface area contributed by atoms with Gasteiger partial charge in [-0.05, 0) is 55.4 Å². The molecule has 0 saturated heterocycles. The van der Waals surface area contributed by atoms with Gasteiger partial charge in [0.1, 0.15) is 23.1 Å². The maximum absolute atomic E-state index is 13.3. The maximum Gasteiger partial charge on any atom is 0.326 e. The van der Waals surface area contributed by atoms with E-state index in [4.69, 9.17) is 9.84 Å². The number of fused-ring (bicyclic) bond motifs is 5. The molecule has 2 fully saturated rings. The Morgan fingerprint density at radius 3 is 2.51 bits per heavy atom. The molecule has 2 aliphatic carbocycles. The molecular weight excluding hydrogens is 478 g/mol. The number of aliphatic hydroxyl groups is 1. The molecular formula is C28H37NO8. The van der Waals surface area contributed by atoms with Crippen LogP contribution in [-0.4, -0.2) is 60.9 Å². The summed E-state index contributed by atoms with van der Waals surface area (Å²) < 4.78 is 6.95. The first-order valence-corrected chi connectivity index (χ1v) is 13.2. The van der Waals surface area contributed by atoms with Gasteiger partial charge in [0.15, 0.2) is 0 Å². The Balaban J connectivity index is 1.55. The molecule has 0 aromatic heterocycles. The Kier molecular flexibility index (Phi) is 5.83. The highest BCUT2D eigenvalue weighted by Crippen LogP contribution is 2.67. The summed E-state index contributed by atoms with van der Waals surface area (Å²) in [4.78, 5) is 37.6. The molecule has 6 atom stereocenters. The number of aliphatic carboxylic acids is 2. The minimum Gasteiger partial charge on any atom is -0.508 e. The molecule has 1 amide bonds. The maximum atomic E-state index is 13.3. The lowest BCUT2D eigenvalue weighted by atomic mass is 9.43. The second-order valence-corrected chi connectivity index (χ2v) is 12.4. The third kappa shape index (κ3) is 3.49. The largest absolute Gasteiger partial charge is 0.508 e. The average molecular weight is 516 g/mol. The van der Waals surface area contributed by atoms with Gasteiger partial charge in [0.05, 0.1) is 18.2 Å². The van der Waals surface area contributed by atoms with Crippen molar-refractivity contribution in [1.82, 2.24) is 4.90 Å². The van der Waals surface area contributed by atoms with Crippen LogP contribution in [0.5, 0.6) is 11.5 Å². The normalized spacial score (nSPS) is 34.5. The minimum atomic E-state index is -1.29. The molecule has 2 heterocycles. The number of carbonyl (C=O) groups excluding carboxylic acids is 1. The van der Waals surface area contributed by atoms with Crippen molar-refractivity contribution in [3.05, 3.63) is 22.8 Å². The number of aliphatic hydroxyl groups excluding tert-OH is 1. The van der Waals surface area contributed by atoms with Crippen LogP contribution in [0.4, 0.5) is 0 Å². The Morgan fingerprint density at radius 2 is 1.86 bits per heavy atom. The second kappa shape index (κ2) is 8.35. The van der Waals surface area contributed by atoms with E-state index in [1.54, 1.807) is 0 Å². The predicted octanol–water partition coefficient (Wildman–Crippen LogP) is 3.57. The van der Waals surface area contributed by atoms with Gasteiger partial charge < -0.3 is 30.1 Å². The van der Waals surface area contributed by atoms with Gasteiger partial charge in [-0.2, -0.15) is 0 Å². The van der Waals surface area contributed by atoms with Gasteiger partial charge >= 0.3 is 11.9 Å². The molecule has 5 rings (SSSR count). The zero-order valence-corrected chi connectivity index (χ0v) is 21.9. The summed E-state index contributed by atoms with van der Waals surface area (Å²) in [5, 5.41) is 40.8. The monoisotopic (exact) mass is 515 g/mol. The summed E-state index contributed by atoms with van der Waals surface area (Å²) in [5.74, 6) is -2.14. The van der Waals surface area contributed by atoms with E-state index in [1.165, 1.54) is 11.0 Å². The summed E-state index contributed by atoms with van der Waals surface area (Å²) >= 11 is 0. The van der Waals surface area contributed by atoms with Crippen LogP contribution in [0.2, 0.25) is 0 Å². The van der Waals surface area contributed by atoms with E-state index in [2.05, 4.69) is 27.7 Å². The van der Waals surface area contributed by atoms with Crippen LogP contribution in [0.1, 0.15) is 87.7 Å². The van der Waals surface area contributed by atoms with Crippen LogP contribution < -0.4 is 4.74 Å². The molecule has 4 N–H and O–H groups in total. The molecule has 9 nitrogen and oxygen atoms in total. The lowest BCUT2D eigenvalue weighted by molar-refractivity contribution is -0.210. The quantitative estimate of drug-likeness (QED) is 0.466. The van der Waals surface area contributed by atoms with Crippen LogP contribution in [0.25, 0.3) is 0 Å². The number of benzene rings is 1. The number of carboxylic acids is 2. The first-order chi connectivity index (χ1) is 17.2. The number of amides is 1. The lowest BCUT2D eigenvalue weighted by Crippen LogP contribution is -2.66. The molecule has 1 aromatic rings. The zero-order chi connectivity index (χ0) is 27.1. The number of hydrogen-bond acceptors (Lipinski definition) is 6. The number of carbonyl (C=O) groups is 3. The van der Waals surface area contributed by atoms with Gasteiger partial charge in [0.25, 0.3) is 5.91 Å². The predicted molar refractivity (Wildman–Crippen MR) is 132 cm³/mol. The molecule has 0 bridgehead atoms. The first-order valence-electron chi connectivity index (χ1n) is 13.2. The third-order valence-electron chi connectivity index (χ3n) is 10.4. The molecule has 202 valence electrons. The zero-order valence-electron chi connectivity index (χ0n) is 21.9. The number of ether oxygens (including phenoxy) is 1. The van der Waals surface area contributed by atoms with Crippen molar-refractivity contribution < 1.29 is 39.5 Å². The standard InChI is InChI=1S/C28H37NO8/c1-14-5-7-20-26(2,3)21(31)9-10-27(20,4)28(14)12-16-19(30)11-15-17(23(16)37-28)13-29(24(15)34)18(25(35)36)6-8-22(32)33/h11,14,18,20-21,30-31H,5-10,12-13H2,1-4H3,(H,32,33)(H,35,36)/t14-,18-,20-,21+,27-,28+/m0/s1. The highest BCUT2D eigenvalue weighted by molar-refractivity contribution is 6.02. The molecule has 1 aromatic carbocycles. The molecule has 37 heavy (non-hydrogen) atoms. The van der Waals surface area contributed by atoms with Crippen LogP contribution in [0.3, 0.4) is 0 Å². The average Bonchev–Trinajstić information content (AvgIpc) is 3.36. The Morgan fingerprint density at radius 1 is 1.16 bits per heavy atom. The van der Waals surface area contributed by atoms with Gasteiger partial charge in [-0.3, -0.25) is 9.59 Å². The minimum absolute atomic E-state index is 0.0117. The van der Waals surface area contributed by atoms with E-state index in [1.807, 2.05) is 0 Å². The smallest absolute Gasteiger partial charge is 0.326 e. The summed E-state index contributed by atoms with van der Waals surface area (Å²) in [7, 11) is 0. The lowest BCUT2D eigenvalue weighted by Gasteiger charge is -2.64. The molecule has 0 unspecified atom stereocenters. The van der Waals surface area contributed by atoms with Gasteiger partial charge in [-0.25, -0.2) is 4.79 Å². The van der Waals surface area contributed by atoms with E-state index in [9.17, 15) is 29.7 Å². The van der Waals surface area contributed by atoms with E-state index in [0.29, 0.717) is 29.7 Å². The van der Waals surface area contributed by atoms with Crippen LogP contribution >= 0.6 is 0 Å². The van der Waals surface area contributed by atoms with Crippen LogP contribution in [-0.2, 0) is 22.6 Å². The van der Waals surface area contributed by atoms with Crippen LogP contribution in [0, 0.1) is 22.7 Å². The number of rotatable bonds is 5. The first kappa shape index (κ1) is 25.8. The van der Waals surface area contributed by atoms with E-state index >= 15 is 0 Å². The van der Waals surface area contributed by atoms with Gasteiger partial charge in [0, 0.05) is 29.4 Å². The summed E-state index contributed by atoms with van der Waals surface area (Å²) in [6.07, 6.45) is 2.83. The van der Waals surface area contributed by atoms with Crippen molar-refractivity contribution in [2.45, 2.75) is 96.9 Å². The van der Waals surface area contributed by atoms with E-state index < -0.39 is 35.6 Å². The Bertz CT molecular complexity index is 1180. The molecule has 2 saturated carbocycles. The van der Waals surface area contributed by atoms with Crippen molar-refractivity contribution in [2.75, 3.05) is 0 Å². The Labute approximate surface area is 216 Å². The number of carboxylic acid groups (broad SMARTS) is 2. The molecule has 0 radical (unpaired) electrons. The molecule has 4 aliphatic rings. The van der Waals surface area contributed by atoms with Gasteiger partial charge in [0.2, 0.25) is 0 Å². The highest BCUT2D eigenvalue weighted by atomic mass is 16.5. The molecule has 1 spiro atoms. The number of hydrogen-bond donors (Lipinski definition) is 4. The van der Waals surface area contributed by atoms with Crippen LogP contribution in [0.15, 0.2) is 6.07 Å². The van der Waals surface area contributed by atoms with Crippen molar-refractivity contribution in [3.63, 3.8) is 0 Å². The topological polar surface area (TPSA) is 145 Å². The van der Waals surface area contributed by atoms with E-state index in [0.717, 1.165) is 19.3 Å². The summed E-state index contributed by atoms with van der Waals surface area (Å²) in [5.41, 5.74) is 0.202. The fraction of sp³-hybridized carbons (Fsp3) is 0.679. The van der Waals surface area contributed by atoms with Crippen molar-refractivity contribution in [3.8, 4) is 11.5 Å². The van der Waals surface area contributed by atoms with Gasteiger partial charge in [-0.15, -0.1) is 0 Å².